The number of imidazole rings is 1. The van der Waals surface area contributed by atoms with E-state index < -0.39 is 18.0 Å². The summed E-state index contributed by atoms with van der Waals surface area (Å²) in [6, 6.07) is 8.93. The van der Waals surface area contributed by atoms with Crippen molar-refractivity contribution in [3.63, 3.8) is 0 Å². The van der Waals surface area contributed by atoms with Crippen LogP contribution in [0.15, 0.2) is 36.5 Å². The Hall–Kier alpha value is -4.45. The van der Waals surface area contributed by atoms with E-state index in [0.717, 1.165) is 69.2 Å². The number of fused-ring (bicyclic) bond motifs is 1. The van der Waals surface area contributed by atoms with Crippen LogP contribution < -0.4 is 15.8 Å². The standard InChI is InChI=1S/C32H35F3N8O/c1-6-17(3)20-9-8-10-21(23(20)15-36-26-14-25(39-40-26)32(33,34)35)28-29(18-11-12-18)43(5)31(38-28)22-13-19-16-42(4)41-30(19)37-27(22)24(44)7-2/h8-10,13-16,18,24,44H,6-7,11-12H2,1-5H3,(H2,36,39,40)/b20-17+,23-15+. The minimum atomic E-state index is -4.52. The highest BCUT2D eigenvalue weighted by molar-refractivity contribution is 5.82. The Morgan fingerprint density at radius 2 is 1.93 bits per heavy atom. The van der Waals surface area contributed by atoms with Gasteiger partial charge in [-0.15, -0.1) is 0 Å². The number of halogens is 3. The number of nitrogens with zero attached hydrogens (tertiary/aromatic N) is 6. The van der Waals surface area contributed by atoms with Gasteiger partial charge in [-0.1, -0.05) is 37.6 Å². The summed E-state index contributed by atoms with van der Waals surface area (Å²) in [4.78, 5) is 10.00. The molecule has 0 amide bonds. The number of nitrogens with one attached hydrogen (secondary N) is 2. The average Bonchev–Trinajstić information content (AvgIpc) is 3.41. The molecule has 0 aliphatic heterocycles. The van der Waals surface area contributed by atoms with Crippen LogP contribution in [0, 0.1) is 0 Å². The summed E-state index contributed by atoms with van der Waals surface area (Å²) in [6.45, 7) is 6.02. The Kier molecular flexibility index (Phi) is 7.56. The van der Waals surface area contributed by atoms with Gasteiger partial charge in [-0.25, -0.2) is 9.97 Å². The van der Waals surface area contributed by atoms with Gasteiger partial charge in [-0.05, 0) is 43.9 Å². The van der Waals surface area contributed by atoms with Crippen molar-refractivity contribution < 1.29 is 18.3 Å². The number of aromatic amines is 1. The molecule has 0 spiro atoms. The van der Waals surface area contributed by atoms with Crippen LogP contribution in [0.4, 0.5) is 19.0 Å². The van der Waals surface area contributed by atoms with E-state index in [1.807, 2.05) is 58.4 Å². The molecule has 5 aromatic rings. The quantitative estimate of drug-likeness (QED) is 0.215. The highest BCUT2D eigenvalue weighted by atomic mass is 19.4. The minimum absolute atomic E-state index is 0.0606. The zero-order valence-electron chi connectivity index (χ0n) is 25.3. The molecule has 0 saturated heterocycles. The molecule has 0 radical (unpaired) electrons. The highest BCUT2D eigenvalue weighted by Crippen LogP contribution is 2.45. The molecule has 44 heavy (non-hydrogen) atoms. The molecule has 0 bridgehead atoms. The van der Waals surface area contributed by atoms with E-state index in [1.165, 1.54) is 0 Å². The molecular formula is C32H35F3N8O. The summed E-state index contributed by atoms with van der Waals surface area (Å²) in [7, 11) is 3.83. The first-order valence-corrected chi connectivity index (χ1v) is 14.8. The zero-order valence-corrected chi connectivity index (χ0v) is 25.3. The summed E-state index contributed by atoms with van der Waals surface area (Å²) < 4.78 is 43.4. The lowest BCUT2D eigenvalue weighted by molar-refractivity contribution is -0.141. The third-order valence-corrected chi connectivity index (χ3v) is 8.28. The van der Waals surface area contributed by atoms with Gasteiger partial charge in [0, 0.05) is 65.9 Å². The van der Waals surface area contributed by atoms with Gasteiger partial charge in [-0.2, -0.15) is 23.4 Å². The zero-order chi connectivity index (χ0) is 31.3. The lowest BCUT2D eigenvalue weighted by atomic mass is 10.0. The summed E-state index contributed by atoms with van der Waals surface area (Å²) in [6.07, 6.45) is 1.61. The molecule has 4 aromatic heterocycles. The lowest BCUT2D eigenvalue weighted by Gasteiger charge is -2.13. The molecule has 1 atom stereocenters. The lowest BCUT2D eigenvalue weighted by Crippen LogP contribution is -2.30. The predicted molar refractivity (Wildman–Crippen MR) is 164 cm³/mol. The van der Waals surface area contributed by atoms with Crippen LogP contribution in [0.25, 0.3) is 45.5 Å². The van der Waals surface area contributed by atoms with Crippen LogP contribution in [0.3, 0.4) is 0 Å². The Bertz CT molecular complexity index is 1980. The number of hydrogen-bond acceptors (Lipinski definition) is 6. The SMILES string of the molecule is CC/C(C)=c1\cccc(-c2nc(-c3cc4cn(C)nc4nc3C(O)CC)n(C)c2C2CC2)\c1=C\Nc1cc(C(F)(F)F)[nH]n1. The number of aliphatic hydroxyl groups excluding tert-OH is 1. The second-order valence-corrected chi connectivity index (χ2v) is 11.4. The van der Waals surface area contributed by atoms with Crippen LogP contribution >= 0.6 is 0 Å². The van der Waals surface area contributed by atoms with Crippen LogP contribution in [-0.4, -0.2) is 39.6 Å². The van der Waals surface area contributed by atoms with Gasteiger partial charge in [0.25, 0.3) is 0 Å². The molecule has 9 nitrogen and oxygen atoms in total. The second-order valence-electron chi connectivity index (χ2n) is 11.4. The minimum Gasteiger partial charge on any atom is -0.387 e. The number of rotatable bonds is 8. The molecule has 230 valence electrons. The molecule has 1 aliphatic rings. The Morgan fingerprint density at radius 3 is 2.59 bits per heavy atom. The molecule has 12 heteroatoms. The Morgan fingerprint density at radius 1 is 1.16 bits per heavy atom. The van der Waals surface area contributed by atoms with E-state index in [0.29, 0.717) is 29.5 Å². The monoisotopic (exact) mass is 604 g/mol. The number of benzene rings is 1. The van der Waals surface area contributed by atoms with Crippen molar-refractivity contribution in [1.82, 2.24) is 34.5 Å². The van der Waals surface area contributed by atoms with Gasteiger partial charge < -0.3 is 15.0 Å². The van der Waals surface area contributed by atoms with Crippen molar-refractivity contribution in [2.24, 2.45) is 14.1 Å². The van der Waals surface area contributed by atoms with Crippen LogP contribution in [-0.2, 0) is 20.3 Å². The first-order valence-electron chi connectivity index (χ1n) is 14.8. The fourth-order valence-electron chi connectivity index (χ4n) is 5.66. The second kappa shape index (κ2) is 11.2. The van der Waals surface area contributed by atoms with Crippen LogP contribution in [0.1, 0.15) is 75.6 Å². The summed E-state index contributed by atoms with van der Waals surface area (Å²) in [5.41, 5.74) is 4.75. The normalized spacial score (nSPS) is 15.7. The number of aromatic nitrogens is 7. The van der Waals surface area contributed by atoms with Gasteiger partial charge in [0.1, 0.15) is 11.5 Å². The molecule has 1 saturated carbocycles. The van der Waals surface area contributed by atoms with E-state index in [-0.39, 0.29) is 5.82 Å². The number of hydrogen-bond donors (Lipinski definition) is 3. The maximum Gasteiger partial charge on any atom is 0.432 e. The molecule has 1 aromatic carbocycles. The summed E-state index contributed by atoms with van der Waals surface area (Å²) in [5.74, 6) is 1.06. The number of alkyl halides is 3. The van der Waals surface area contributed by atoms with Crippen molar-refractivity contribution in [3.05, 3.63) is 64.0 Å². The molecule has 1 fully saturated rings. The van der Waals surface area contributed by atoms with E-state index in [4.69, 9.17) is 9.97 Å². The fourth-order valence-corrected chi connectivity index (χ4v) is 5.66. The van der Waals surface area contributed by atoms with Crippen molar-refractivity contribution in [3.8, 4) is 22.6 Å². The van der Waals surface area contributed by atoms with Crippen molar-refractivity contribution in [2.45, 2.75) is 64.7 Å². The third-order valence-electron chi connectivity index (χ3n) is 8.28. The van der Waals surface area contributed by atoms with Crippen molar-refractivity contribution in [2.75, 3.05) is 5.32 Å². The predicted octanol–water partition coefficient (Wildman–Crippen LogP) is 5.53. The average molecular weight is 605 g/mol. The first-order chi connectivity index (χ1) is 21.0. The molecule has 4 heterocycles. The van der Waals surface area contributed by atoms with E-state index in [1.54, 1.807) is 10.9 Å². The van der Waals surface area contributed by atoms with Gasteiger partial charge in [0.05, 0.1) is 17.5 Å². The van der Waals surface area contributed by atoms with E-state index in [9.17, 15) is 18.3 Å². The van der Waals surface area contributed by atoms with Crippen LogP contribution in [0.5, 0.6) is 0 Å². The maximum atomic E-state index is 13.2. The molecule has 1 aliphatic carbocycles. The fraction of sp³-hybridized carbons (Fsp3) is 0.375. The molecule has 6 rings (SSSR count). The van der Waals surface area contributed by atoms with Gasteiger partial charge >= 0.3 is 6.18 Å². The summed E-state index contributed by atoms with van der Waals surface area (Å²) in [5, 5.41) is 27.0. The van der Waals surface area contributed by atoms with Crippen LogP contribution in [0.2, 0.25) is 0 Å². The number of H-pyrrole nitrogens is 1. The number of aliphatic hydroxyl groups is 1. The third kappa shape index (κ3) is 5.38. The number of anilines is 1. The Labute approximate surface area is 252 Å². The smallest absolute Gasteiger partial charge is 0.387 e. The van der Waals surface area contributed by atoms with Crippen molar-refractivity contribution in [1.29, 1.82) is 0 Å². The molecule has 1 unspecified atom stereocenters. The van der Waals surface area contributed by atoms with Crippen molar-refractivity contribution >= 4 is 28.6 Å². The largest absolute Gasteiger partial charge is 0.432 e. The number of aryl methyl sites for hydroxylation is 1. The first kappa shape index (κ1) is 29.6. The molecule has 3 N–H and O–H groups in total. The number of pyridine rings is 1. The molecular weight excluding hydrogens is 569 g/mol. The van der Waals surface area contributed by atoms with Gasteiger partial charge in [0.2, 0.25) is 0 Å². The van der Waals surface area contributed by atoms with E-state index in [2.05, 4.69) is 32.1 Å². The summed E-state index contributed by atoms with van der Waals surface area (Å²) >= 11 is 0. The van der Waals surface area contributed by atoms with Gasteiger partial charge in [-0.3, -0.25) is 9.78 Å². The van der Waals surface area contributed by atoms with Gasteiger partial charge in [0.15, 0.2) is 11.5 Å². The highest BCUT2D eigenvalue weighted by Gasteiger charge is 2.34. The Balaban J connectivity index is 1.58. The topological polar surface area (TPSA) is 109 Å². The van der Waals surface area contributed by atoms with E-state index >= 15 is 0 Å². The maximum absolute atomic E-state index is 13.2.